The Morgan fingerprint density at radius 2 is 2.20 bits per heavy atom. The lowest BCUT2D eigenvalue weighted by Gasteiger charge is -1.91. The maximum atomic E-state index is 5.04. The van der Waals surface area contributed by atoms with E-state index < -0.39 is 0 Å². The molecule has 0 aliphatic carbocycles. The van der Waals surface area contributed by atoms with E-state index in [4.69, 9.17) is 9.05 Å². The highest BCUT2D eigenvalue weighted by atomic mass is 16.5. The number of nitrogens with one attached hydrogen (secondary N) is 1. The second kappa shape index (κ2) is 4.22. The molecule has 80 valence electrons. The van der Waals surface area contributed by atoms with Crippen LogP contribution in [0.5, 0.6) is 0 Å². The van der Waals surface area contributed by atoms with Gasteiger partial charge in [0, 0.05) is 6.07 Å². The molecule has 0 radical (unpaired) electrons. The van der Waals surface area contributed by atoms with Crippen molar-refractivity contribution < 1.29 is 9.05 Å². The number of nitrogens with zero attached hydrogens (tertiary/aromatic N) is 3. The van der Waals surface area contributed by atoms with Crippen LogP contribution in [0.2, 0.25) is 0 Å². The van der Waals surface area contributed by atoms with Crippen LogP contribution >= 0.6 is 0 Å². The molecule has 0 atom stereocenters. The molecular weight excluding hydrogens is 196 g/mol. The summed E-state index contributed by atoms with van der Waals surface area (Å²) in [5, 5.41) is 10.7. The van der Waals surface area contributed by atoms with Gasteiger partial charge in [0.25, 0.3) is 5.89 Å². The number of rotatable bonds is 4. The van der Waals surface area contributed by atoms with Crippen LogP contribution in [0.15, 0.2) is 15.1 Å². The molecule has 0 bridgehead atoms. The summed E-state index contributed by atoms with van der Waals surface area (Å²) in [6.45, 7) is 5.29. The second-order valence-electron chi connectivity index (χ2n) is 3.12. The van der Waals surface area contributed by atoms with Crippen molar-refractivity contribution in [2.24, 2.45) is 0 Å². The smallest absolute Gasteiger partial charge is 0.280 e. The van der Waals surface area contributed by atoms with Crippen molar-refractivity contribution >= 4 is 0 Å². The summed E-state index contributed by atoms with van der Waals surface area (Å²) < 4.78 is 9.95. The van der Waals surface area contributed by atoms with E-state index in [1.807, 2.05) is 13.8 Å². The minimum Gasteiger partial charge on any atom is -0.361 e. The lowest BCUT2D eigenvalue weighted by molar-refractivity contribution is 0.388. The monoisotopic (exact) mass is 208 g/mol. The Hall–Kier alpha value is -1.69. The van der Waals surface area contributed by atoms with Crippen LogP contribution in [-0.2, 0) is 6.54 Å². The molecular formula is C9H12N4O2. The maximum absolute atomic E-state index is 5.04. The molecule has 15 heavy (non-hydrogen) atoms. The fraction of sp³-hybridized carbons (Fsp3) is 0.444. The van der Waals surface area contributed by atoms with Crippen LogP contribution in [0.4, 0.5) is 0 Å². The normalized spacial score (nSPS) is 10.8. The Kier molecular flexibility index (Phi) is 2.77. The summed E-state index contributed by atoms with van der Waals surface area (Å²) >= 11 is 0. The molecule has 0 unspecified atom stereocenters. The van der Waals surface area contributed by atoms with Crippen LogP contribution in [0.1, 0.15) is 18.5 Å². The van der Waals surface area contributed by atoms with Crippen LogP contribution in [0.3, 0.4) is 0 Å². The van der Waals surface area contributed by atoms with E-state index in [2.05, 4.69) is 20.6 Å². The topological polar surface area (TPSA) is 77.0 Å². The summed E-state index contributed by atoms with van der Waals surface area (Å²) in [5.74, 6) is 1.73. The van der Waals surface area contributed by atoms with E-state index >= 15 is 0 Å². The molecule has 6 heteroatoms. The highest BCUT2D eigenvalue weighted by molar-refractivity contribution is 5.45. The number of aryl methyl sites for hydroxylation is 1. The zero-order valence-electron chi connectivity index (χ0n) is 8.65. The van der Waals surface area contributed by atoms with Gasteiger partial charge in [0.15, 0.2) is 11.5 Å². The van der Waals surface area contributed by atoms with E-state index in [-0.39, 0.29) is 0 Å². The molecule has 0 fully saturated rings. The van der Waals surface area contributed by atoms with Crippen molar-refractivity contribution in [1.29, 1.82) is 0 Å². The van der Waals surface area contributed by atoms with Crippen molar-refractivity contribution in [2.45, 2.75) is 20.4 Å². The van der Waals surface area contributed by atoms with Gasteiger partial charge in [-0.25, -0.2) is 0 Å². The highest BCUT2D eigenvalue weighted by Crippen LogP contribution is 2.16. The predicted molar refractivity (Wildman–Crippen MR) is 51.9 cm³/mol. The molecule has 1 N–H and O–H groups in total. The van der Waals surface area contributed by atoms with E-state index in [1.54, 1.807) is 6.07 Å². The standard InChI is InChI=1S/C9H12N4O2/c1-3-10-5-8-11-9(15-13-8)7-4-6(2)14-12-7/h4,10H,3,5H2,1-2H3. The Balaban J connectivity index is 2.13. The number of hydrogen-bond acceptors (Lipinski definition) is 6. The van der Waals surface area contributed by atoms with Gasteiger partial charge in [0.1, 0.15) is 5.76 Å². The maximum Gasteiger partial charge on any atom is 0.280 e. The first-order chi connectivity index (χ1) is 7.29. The largest absolute Gasteiger partial charge is 0.361 e. The van der Waals surface area contributed by atoms with Gasteiger partial charge in [-0.15, -0.1) is 0 Å². The fourth-order valence-corrected chi connectivity index (χ4v) is 1.13. The van der Waals surface area contributed by atoms with Crippen molar-refractivity contribution in [2.75, 3.05) is 6.54 Å². The number of aromatic nitrogens is 3. The zero-order valence-corrected chi connectivity index (χ0v) is 8.65. The first-order valence-electron chi connectivity index (χ1n) is 4.76. The van der Waals surface area contributed by atoms with Gasteiger partial charge in [0.05, 0.1) is 6.54 Å². The minimum atomic E-state index is 0.389. The molecule has 0 aliphatic rings. The highest BCUT2D eigenvalue weighted by Gasteiger charge is 2.12. The molecule has 6 nitrogen and oxygen atoms in total. The molecule has 2 heterocycles. The molecule has 2 aromatic rings. The van der Waals surface area contributed by atoms with Crippen molar-refractivity contribution in [3.05, 3.63) is 17.7 Å². The van der Waals surface area contributed by atoms with Gasteiger partial charge in [-0.3, -0.25) is 0 Å². The van der Waals surface area contributed by atoms with Crippen molar-refractivity contribution in [3.8, 4) is 11.6 Å². The Morgan fingerprint density at radius 1 is 1.33 bits per heavy atom. The number of hydrogen-bond donors (Lipinski definition) is 1. The molecule has 0 aliphatic heterocycles. The van der Waals surface area contributed by atoms with Crippen LogP contribution in [0.25, 0.3) is 11.6 Å². The quantitative estimate of drug-likeness (QED) is 0.811. The minimum absolute atomic E-state index is 0.389. The van der Waals surface area contributed by atoms with Crippen molar-refractivity contribution in [1.82, 2.24) is 20.6 Å². The van der Waals surface area contributed by atoms with Gasteiger partial charge in [0.2, 0.25) is 0 Å². The predicted octanol–water partition coefficient (Wildman–Crippen LogP) is 1.14. The first-order valence-corrected chi connectivity index (χ1v) is 4.76. The van der Waals surface area contributed by atoms with Gasteiger partial charge < -0.3 is 14.4 Å². The van der Waals surface area contributed by atoms with Crippen LogP contribution in [-0.4, -0.2) is 21.8 Å². The fourth-order valence-electron chi connectivity index (χ4n) is 1.13. The van der Waals surface area contributed by atoms with Crippen LogP contribution in [0, 0.1) is 6.92 Å². The Morgan fingerprint density at radius 3 is 2.87 bits per heavy atom. The summed E-state index contributed by atoms with van der Waals surface area (Å²) in [4.78, 5) is 4.17. The van der Waals surface area contributed by atoms with E-state index in [9.17, 15) is 0 Å². The van der Waals surface area contributed by atoms with E-state index in [0.29, 0.717) is 24.0 Å². The van der Waals surface area contributed by atoms with Gasteiger partial charge in [-0.2, -0.15) is 4.98 Å². The summed E-state index contributed by atoms with van der Waals surface area (Å²) in [6, 6.07) is 1.75. The molecule has 0 aromatic carbocycles. The SMILES string of the molecule is CCNCc1noc(-c2cc(C)on2)n1. The lowest BCUT2D eigenvalue weighted by Crippen LogP contribution is -2.12. The van der Waals surface area contributed by atoms with E-state index in [1.165, 1.54) is 0 Å². The molecule has 2 rings (SSSR count). The molecule has 2 aromatic heterocycles. The lowest BCUT2D eigenvalue weighted by atomic mass is 10.4. The third kappa shape index (κ3) is 2.21. The molecule has 0 saturated carbocycles. The molecule has 0 saturated heterocycles. The average molecular weight is 208 g/mol. The second-order valence-corrected chi connectivity index (χ2v) is 3.12. The van der Waals surface area contributed by atoms with Crippen molar-refractivity contribution in [3.63, 3.8) is 0 Å². The summed E-state index contributed by atoms with van der Waals surface area (Å²) in [7, 11) is 0. The summed E-state index contributed by atoms with van der Waals surface area (Å²) in [5.41, 5.74) is 0.572. The third-order valence-corrected chi connectivity index (χ3v) is 1.85. The Bertz CT molecular complexity index is 435. The van der Waals surface area contributed by atoms with Gasteiger partial charge in [-0.1, -0.05) is 17.2 Å². The third-order valence-electron chi connectivity index (χ3n) is 1.85. The first kappa shape index (κ1) is 9.85. The van der Waals surface area contributed by atoms with Gasteiger partial charge in [-0.05, 0) is 13.5 Å². The van der Waals surface area contributed by atoms with Gasteiger partial charge >= 0.3 is 0 Å². The summed E-state index contributed by atoms with van der Waals surface area (Å²) in [6.07, 6.45) is 0. The molecule has 0 amide bonds. The Labute approximate surface area is 86.6 Å². The van der Waals surface area contributed by atoms with E-state index in [0.717, 1.165) is 12.3 Å². The molecule has 0 spiro atoms. The average Bonchev–Trinajstić information content (AvgIpc) is 2.83. The van der Waals surface area contributed by atoms with Crippen LogP contribution < -0.4 is 5.32 Å². The zero-order chi connectivity index (χ0) is 10.7.